The van der Waals surface area contributed by atoms with E-state index in [-0.39, 0.29) is 37.4 Å². The van der Waals surface area contributed by atoms with Gasteiger partial charge < -0.3 is 24.3 Å². The Labute approximate surface area is 213 Å². The van der Waals surface area contributed by atoms with Gasteiger partial charge in [0.2, 0.25) is 11.9 Å². The Kier molecular flexibility index (Phi) is 10.7. The van der Waals surface area contributed by atoms with Crippen LogP contribution in [-0.4, -0.2) is 72.6 Å². The minimum absolute atomic E-state index is 0.0841. The van der Waals surface area contributed by atoms with Crippen molar-refractivity contribution in [3.8, 4) is 0 Å². The van der Waals surface area contributed by atoms with Crippen LogP contribution in [0.3, 0.4) is 0 Å². The largest absolute Gasteiger partial charge is 0.469 e. The lowest BCUT2D eigenvalue weighted by atomic mass is 9.64. The van der Waals surface area contributed by atoms with Crippen LogP contribution in [0.5, 0.6) is 0 Å². The van der Waals surface area contributed by atoms with Crippen molar-refractivity contribution in [1.82, 2.24) is 16.0 Å². The average Bonchev–Trinajstić information content (AvgIpc) is 2.63. The molecule has 1 aliphatic rings. The number of methoxy groups -OCH3 is 1. The van der Waals surface area contributed by atoms with Gasteiger partial charge in [0, 0.05) is 6.92 Å². The first-order valence-corrected chi connectivity index (χ1v) is 11.9. The third-order valence-corrected chi connectivity index (χ3v) is 4.93. The molecular weight excluding hydrogens is 472 g/mol. The molecule has 1 unspecified atom stereocenters. The highest BCUT2D eigenvalue weighted by Gasteiger charge is 2.54. The fourth-order valence-corrected chi connectivity index (χ4v) is 3.56. The Bertz CT molecular complexity index is 804. The highest BCUT2D eigenvalue weighted by atomic mass is 16.6. The summed E-state index contributed by atoms with van der Waals surface area (Å²) in [6.07, 6.45) is -1.49. The molecular formula is C24H42N4O8. The van der Waals surface area contributed by atoms with Gasteiger partial charge in [-0.3, -0.25) is 20.2 Å². The minimum Gasteiger partial charge on any atom is -0.469 e. The van der Waals surface area contributed by atoms with Crippen molar-refractivity contribution in [3.63, 3.8) is 0 Å². The van der Waals surface area contributed by atoms with E-state index in [1.807, 2.05) is 13.8 Å². The molecule has 0 saturated heterocycles. The van der Waals surface area contributed by atoms with Gasteiger partial charge in [-0.25, -0.2) is 14.6 Å². The summed E-state index contributed by atoms with van der Waals surface area (Å²) in [6.45, 7) is 15.3. The van der Waals surface area contributed by atoms with Crippen LogP contribution in [0, 0.1) is 5.92 Å². The summed E-state index contributed by atoms with van der Waals surface area (Å²) in [5, 5.41) is 7.74. The second-order valence-corrected chi connectivity index (χ2v) is 11.1. The molecule has 12 nitrogen and oxygen atoms in total. The van der Waals surface area contributed by atoms with Gasteiger partial charge in [-0.1, -0.05) is 0 Å². The Balaban J connectivity index is 3.44. The topological polar surface area (TPSA) is 154 Å². The fourth-order valence-electron chi connectivity index (χ4n) is 3.56. The lowest BCUT2D eigenvalue weighted by Gasteiger charge is -2.48. The molecule has 3 amide bonds. The number of esters is 1. The molecule has 12 heteroatoms. The average molecular weight is 515 g/mol. The van der Waals surface area contributed by atoms with E-state index >= 15 is 0 Å². The number of aliphatic imine (C=N–C) groups is 1. The molecule has 0 aromatic rings. The van der Waals surface area contributed by atoms with Crippen molar-refractivity contribution >= 4 is 30.0 Å². The van der Waals surface area contributed by atoms with Crippen molar-refractivity contribution in [3.05, 3.63) is 0 Å². The summed E-state index contributed by atoms with van der Waals surface area (Å²) in [6, 6.07) is -0.672. The highest BCUT2D eigenvalue weighted by Crippen LogP contribution is 2.44. The first-order chi connectivity index (χ1) is 16.4. The number of carbonyl (C=O) groups is 4. The number of alkyl carbamates (subject to hydrolysis) is 2. The summed E-state index contributed by atoms with van der Waals surface area (Å²) in [5.41, 5.74) is -2.72. The third kappa shape index (κ3) is 10.8. The lowest BCUT2D eigenvalue weighted by Crippen LogP contribution is -2.63. The molecule has 36 heavy (non-hydrogen) atoms. The summed E-state index contributed by atoms with van der Waals surface area (Å²) in [5.74, 6) is -1.49. The number of hydrogen-bond acceptors (Lipinski definition) is 9. The van der Waals surface area contributed by atoms with Crippen LogP contribution in [0.25, 0.3) is 0 Å². The Hall–Kier alpha value is -2.89. The number of nitrogens with zero attached hydrogens (tertiary/aromatic N) is 1. The molecule has 206 valence electrons. The van der Waals surface area contributed by atoms with Crippen molar-refractivity contribution in [1.29, 1.82) is 0 Å². The van der Waals surface area contributed by atoms with E-state index in [0.29, 0.717) is 0 Å². The molecule has 0 bridgehead atoms. The van der Waals surface area contributed by atoms with Crippen molar-refractivity contribution in [2.75, 3.05) is 13.7 Å². The van der Waals surface area contributed by atoms with Crippen molar-refractivity contribution in [2.24, 2.45) is 10.9 Å². The van der Waals surface area contributed by atoms with Crippen LogP contribution in [0.4, 0.5) is 9.59 Å². The summed E-state index contributed by atoms with van der Waals surface area (Å²) in [4.78, 5) is 53.9. The predicted octanol–water partition coefficient (Wildman–Crippen LogP) is 2.64. The number of ether oxygens (including phenoxy) is 4. The van der Waals surface area contributed by atoms with Gasteiger partial charge in [-0.05, 0) is 68.2 Å². The van der Waals surface area contributed by atoms with Crippen LogP contribution in [0.1, 0.15) is 75.2 Å². The maximum absolute atomic E-state index is 12.5. The molecule has 0 aromatic carbocycles. The molecule has 1 atom stereocenters. The van der Waals surface area contributed by atoms with E-state index in [0.717, 1.165) is 0 Å². The molecule has 0 radical (unpaired) electrons. The second-order valence-electron chi connectivity index (χ2n) is 11.1. The number of hydrogen-bond donors (Lipinski definition) is 3. The van der Waals surface area contributed by atoms with Crippen LogP contribution in [-0.2, 0) is 28.5 Å². The molecule has 0 heterocycles. The van der Waals surface area contributed by atoms with Gasteiger partial charge in [-0.2, -0.15) is 0 Å². The van der Waals surface area contributed by atoms with E-state index in [1.165, 1.54) is 14.0 Å². The van der Waals surface area contributed by atoms with E-state index in [1.54, 1.807) is 41.5 Å². The molecule has 1 fully saturated rings. The Morgan fingerprint density at radius 1 is 0.944 bits per heavy atom. The summed E-state index contributed by atoms with van der Waals surface area (Å²) >= 11 is 0. The molecule has 0 aromatic heterocycles. The SMILES string of the molecule is COC(=O)C1CC(N=C(NC(=O)OC(C)(C)C)NC(=O)OC(C)(C)C)(C(COC(C)C)NC(C)=O)C1. The van der Waals surface area contributed by atoms with Gasteiger partial charge in [0.25, 0.3) is 0 Å². The monoisotopic (exact) mass is 514 g/mol. The molecule has 3 N–H and O–H groups in total. The number of carbonyl (C=O) groups excluding carboxylic acids is 4. The summed E-state index contributed by atoms with van der Waals surface area (Å²) < 4.78 is 21.2. The van der Waals surface area contributed by atoms with Gasteiger partial charge in [0.15, 0.2) is 0 Å². The van der Waals surface area contributed by atoms with E-state index in [9.17, 15) is 19.2 Å². The zero-order valence-corrected chi connectivity index (χ0v) is 23.1. The fraction of sp³-hybridized carbons (Fsp3) is 0.792. The number of nitrogens with one attached hydrogen (secondary N) is 3. The zero-order valence-electron chi connectivity index (χ0n) is 23.1. The molecule has 0 aliphatic heterocycles. The first-order valence-electron chi connectivity index (χ1n) is 11.9. The summed E-state index contributed by atoms with van der Waals surface area (Å²) in [7, 11) is 1.29. The Morgan fingerprint density at radius 2 is 1.42 bits per heavy atom. The number of rotatable bonds is 7. The number of guanidine groups is 1. The van der Waals surface area contributed by atoms with Crippen LogP contribution >= 0.6 is 0 Å². The molecule has 1 saturated carbocycles. The van der Waals surface area contributed by atoms with Crippen LogP contribution in [0.2, 0.25) is 0 Å². The van der Waals surface area contributed by atoms with Crippen molar-refractivity contribution < 1.29 is 38.1 Å². The van der Waals surface area contributed by atoms with E-state index in [4.69, 9.17) is 18.9 Å². The lowest BCUT2D eigenvalue weighted by molar-refractivity contribution is -0.152. The molecule has 0 spiro atoms. The highest BCUT2D eigenvalue weighted by molar-refractivity contribution is 6.01. The van der Waals surface area contributed by atoms with Crippen LogP contribution in [0.15, 0.2) is 4.99 Å². The van der Waals surface area contributed by atoms with Gasteiger partial charge >= 0.3 is 18.2 Å². The maximum Gasteiger partial charge on any atom is 0.414 e. The van der Waals surface area contributed by atoms with Gasteiger partial charge in [0.1, 0.15) is 11.2 Å². The minimum atomic E-state index is -1.10. The predicted molar refractivity (Wildman–Crippen MR) is 132 cm³/mol. The second kappa shape index (κ2) is 12.4. The van der Waals surface area contributed by atoms with Crippen LogP contribution < -0.4 is 16.0 Å². The third-order valence-electron chi connectivity index (χ3n) is 4.93. The zero-order chi connectivity index (χ0) is 27.9. The quantitative estimate of drug-likeness (QED) is 0.203. The maximum atomic E-state index is 12.5. The first kappa shape index (κ1) is 31.1. The number of amides is 3. The molecule has 1 aliphatic carbocycles. The van der Waals surface area contributed by atoms with Gasteiger partial charge in [-0.15, -0.1) is 0 Å². The van der Waals surface area contributed by atoms with Gasteiger partial charge in [0.05, 0.1) is 37.3 Å². The van der Waals surface area contributed by atoms with E-state index in [2.05, 4.69) is 20.9 Å². The van der Waals surface area contributed by atoms with E-state index < -0.39 is 46.9 Å². The van der Waals surface area contributed by atoms with Crippen molar-refractivity contribution in [2.45, 2.75) is 104 Å². The smallest absolute Gasteiger partial charge is 0.414 e. The standard InChI is InChI=1S/C24H42N4O8/c1-14(2)34-13-17(25-15(3)29)24(11-16(12-24)18(30)33-10)28-19(26-20(31)35-22(4,5)6)27-21(32)36-23(7,8)9/h14,16-17H,11-13H2,1-10H3,(H,25,29)(H2,26,27,28,31,32). The molecule has 1 rings (SSSR count). The Morgan fingerprint density at radius 3 is 1.78 bits per heavy atom. The normalized spacial score (nSPS) is 20.4.